The fourth-order valence-corrected chi connectivity index (χ4v) is 5.14. The second kappa shape index (κ2) is 8.30. The van der Waals surface area contributed by atoms with Crippen LogP contribution in [-0.2, 0) is 0 Å². The van der Waals surface area contributed by atoms with Crippen LogP contribution in [0.25, 0.3) is 10.9 Å². The minimum Gasteiger partial charge on any atom is -0.370 e. The quantitative estimate of drug-likeness (QED) is 0.635. The molecule has 0 aliphatic carbocycles. The first kappa shape index (κ1) is 21.6. The van der Waals surface area contributed by atoms with Crippen molar-refractivity contribution in [2.75, 3.05) is 41.3 Å². The first-order chi connectivity index (χ1) is 15.8. The molecule has 2 fully saturated rings. The molecule has 33 heavy (non-hydrogen) atoms. The minimum atomic E-state index is -0.240. The number of carbonyl (C=O) groups excluding carboxylic acids is 1. The maximum absolute atomic E-state index is 13.1. The van der Waals surface area contributed by atoms with Gasteiger partial charge in [0.05, 0.1) is 23.1 Å². The molecule has 4 heterocycles. The SMILES string of the molecule is CC1CC(N)CN(c2ccncc2NC(=O)c2ccc3ccc(N4CC(C)(C)C4)cc3n2)C1. The van der Waals surface area contributed by atoms with Crippen LogP contribution in [0.2, 0.25) is 0 Å². The van der Waals surface area contributed by atoms with Crippen molar-refractivity contribution >= 4 is 33.9 Å². The van der Waals surface area contributed by atoms with E-state index in [1.54, 1.807) is 18.5 Å². The van der Waals surface area contributed by atoms with E-state index >= 15 is 0 Å². The van der Waals surface area contributed by atoms with E-state index in [1.165, 1.54) is 0 Å². The van der Waals surface area contributed by atoms with Gasteiger partial charge in [0.25, 0.3) is 5.91 Å². The van der Waals surface area contributed by atoms with Gasteiger partial charge in [0.15, 0.2) is 0 Å². The molecular weight excluding hydrogens is 412 g/mol. The zero-order valence-electron chi connectivity index (χ0n) is 19.6. The number of nitrogens with two attached hydrogens (primary N) is 1. The molecule has 2 atom stereocenters. The van der Waals surface area contributed by atoms with Gasteiger partial charge in [0, 0.05) is 49.5 Å². The molecular formula is C26H32N6O. The van der Waals surface area contributed by atoms with Crippen molar-refractivity contribution < 1.29 is 4.79 Å². The normalized spacial score (nSPS) is 22.2. The van der Waals surface area contributed by atoms with Gasteiger partial charge in [-0.1, -0.05) is 32.9 Å². The number of hydrogen-bond acceptors (Lipinski definition) is 6. The van der Waals surface area contributed by atoms with Crippen LogP contribution in [0, 0.1) is 11.3 Å². The van der Waals surface area contributed by atoms with Gasteiger partial charge in [-0.3, -0.25) is 9.78 Å². The second-order valence-corrected chi connectivity index (χ2v) is 10.4. The lowest BCUT2D eigenvalue weighted by molar-refractivity contribution is 0.102. The molecule has 5 rings (SSSR count). The topological polar surface area (TPSA) is 87.4 Å². The summed E-state index contributed by atoms with van der Waals surface area (Å²) in [6.07, 6.45) is 4.46. The highest BCUT2D eigenvalue weighted by Gasteiger charge is 2.34. The van der Waals surface area contributed by atoms with Crippen LogP contribution in [0.3, 0.4) is 0 Å². The van der Waals surface area contributed by atoms with Crippen molar-refractivity contribution in [2.24, 2.45) is 17.1 Å². The van der Waals surface area contributed by atoms with E-state index in [1.807, 2.05) is 12.1 Å². The average Bonchev–Trinajstić information content (AvgIpc) is 2.76. The van der Waals surface area contributed by atoms with Gasteiger partial charge >= 0.3 is 0 Å². The molecule has 2 saturated heterocycles. The van der Waals surface area contributed by atoms with Crippen molar-refractivity contribution in [3.63, 3.8) is 0 Å². The number of fused-ring (bicyclic) bond motifs is 1. The van der Waals surface area contributed by atoms with E-state index in [2.05, 4.69) is 64.1 Å². The number of rotatable bonds is 4. The minimum absolute atomic E-state index is 0.124. The fraction of sp³-hybridized carbons (Fsp3) is 0.423. The third kappa shape index (κ3) is 4.50. The molecule has 1 aromatic carbocycles. The number of piperidine rings is 1. The van der Waals surface area contributed by atoms with Gasteiger partial charge in [-0.15, -0.1) is 0 Å². The lowest BCUT2D eigenvalue weighted by atomic mass is 9.84. The summed E-state index contributed by atoms with van der Waals surface area (Å²) in [5.41, 5.74) is 10.6. The number of hydrogen-bond donors (Lipinski definition) is 2. The lowest BCUT2D eigenvalue weighted by Gasteiger charge is -2.47. The van der Waals surface area contributed by atoms with Crippen molar-refractivity contribution in [3.8, 4) is 0 Å². The highest BCUT2D eigenvalue weighted by atomic mass is 16.1. The van der Waals surface area contributed by atoms with E-state index in [-0.39, 0.29) is 11.9 Å². The van der Waals surface area contributed by atoms with Gasteiger partial charge < -0.3 is 20.9 Å². The summed E-state index contributed by atoms with van der Waals surface area (Å²) >= 11 is 0. The summed E-state index contributed by atoms with van der Waals surface area (Å²) in [5.74, 6) is 0.259. The van der Waals surface area contributed by atoms with Gasteiger partial charge in [-0.2, -0.15) is 0 Å². The van der Waals surface area contributed by atoms with Crippen molar-refractivity contribution in [1.82, 2.24) is 9.97 Å². The molecule has 3 aromatic rings. The number of anilines is 3. The number of nitrogens with one attached hydrogen (secondary N) is 1. The monoisotopic (exact) mass is 444 g/mol. The third-order valence-electron chi connectivity index (χ3n) is 6.59. The Hall–Kier alpha value is -3.19. The van der Waals surface area contributed by atoms with Crippen LogP contribution < -0.4 is 20.9 Å². The highest BCUT2D eigenvalue weighted by Crippen LogP contribution is 2.34. The van der Waals surface area contributed by atoms with E-state index < -0.39 is 0 Å². The highest BCUT2D eigenvalue weighted by molar-refractivity contribution is 6.05. The lowest BCUT2D eigenvalue weighted by Crippen LogP contribution is -2.53. The average molecular weight is 445 g/mol. The van der Waals surface area contributed by atoms with Crippen molar-refractivity contribution in [3.05, 3.63) is 54.5 Å². The van der Waals surface area contributed by atoms with Crippen LogP contribution in [0.5, 0.6) is 0 Å². The molecule has 7 heteroatoms. The third-order valence-corrected chi connectivity index (χ3v) is 6.59. The molecule has 0 radical (unpaired) electrons. The standard InChI is InChI=1S/C26H32N6O/c1-17-10-19(27)14-31(13-17)24-8-9-28-12-23(24)30-25(33)21-7-5-18-4-6-20(11-22(18)29-21)32-15-26(2,3)16-32/h4-9,11-12,17,19H,10,13-16,27H2,1-3H3,(H,30,33). The van der Waals surface area contributed by atoms with Crippen LogP contribution >= 0.6 is 0 Å². The molecule has 3 N–H and O–H groups in total. The molecule has 172 valence electrons. The molecule has 2 aliphatic rings. The largest absolute Gasteiger partial charge is 0.370 e. The van der Waals surface area contributed by atoms with Gasteiger partial charge in [-0.25, -0.2) is 4.98 Å². The molecule has 0 saturated carbocycles. The van der Waals surface area contributed by atoms with Crippen LogP contribution in [-0.4, -0.2) is 48.1 Å². The summed E-state index contributed by atoms with van der Waals surface area (Å²) in [6.45, 7) is 10.5. The summed E-state index contributed by atoms with van der Waals surface area (Å²) in [4.78, 5) is 26.6. The summed E-state index contributed by atoms with van der Waals surface area (Å²) in [5, 5.41) is 4.05. The number of nitrogens with zero attached hydrogens (tertiary/aromatic N) is 4. The maximum Gasteiger partial charge on any atom is 0.274 e. The van der Waals surface area contributed by atoms with Crippen LogP contribution in [0.15, 0.2) is 48.8 Å². The zero-order chi connectivity index (χ0) is 23.2. The van der Waals surface area contributed by atoms with Gasteiger partial charge in [0.1, 0.15) is 5.69 Å². The Kier molecular flexibility index (Phi) is 5.44. The zero-order valence-corrected chi connectivity index (χ0v) is 19.6. The Bertz CT molecular complexity index is 1170. The van der Waals surface area contributed by atoms with Gasteiger partial charge in [0.2, 0.25) is 0 Å². The predicted molar refractivity (Wildman–Crippen MR) is 134 cm³/mol. The Labute approximate surface area is 195 Å². The Morgan fingerprint density at radius 2 is 1.91 bits per heavy atom. The molecule has 2 unspecified atom stereocenters. The Morgan fingerprint density at radius 1 is 1.12 bits per heavy atom. The van der Waals surface area contributed by atoms with Crippen LogP contribution in [0.4, 0.5) is 17.1 Å². The number of pyridine rings is 2. The molecule has 7 nitrogen and oxygen atoms in total. The number of amides is 1. The summed E-state index contributed by atoms with van der Waals surface area (Å²) in [7, 11) is 0. The first-order valence-electron chi connectivity index (χ1n) is 11.7. The van der Waals surface area contributed by atoms with Crippen LogP contribution in [0.1, 0.15) is 37.7 Å². The summed E-state index contributed by atoms with van der Waals surface area (Å²) < 4.78 is 0. The Balaban J connectivity index is 1.37. The molecule has 1 amide bonds. The number of aromatic nitrogens is 2. The van der Waals surface area contributed by atoms with E-state index in [4.69, 9.17) is 5.73 Å². The van der Waals surface area contributed by atoms with E-state index in [9.17, 15) is 4.79 Å². The number of benzene rings is 1. The predicted octanol–water partition coefficient (Wildman–Crippen LogP) is 3.90. The molecule has 0 bridgehead atoms. The molecule has 2 aliphatic heterocycles. The van der Waals surface area contributed by atoms with E-state index in [0.717, 1.165) is 54.9 Å². The Morgan fingerprint density at radius 3 is 2.67 bits per heavy atom. The first-order valence-corrected chi connectivity index (χ1v) is 11.7. The summed E-state index contributed by atoms with van der Waals surface area (Å²) in [6, 6.07) is 12.1. The molecule has 2 aromatic heterocycles. The van der Waals surface area contributed by atoms with Crippen molar-refractivity contribution in [2.45, 2.75) is 33.2 Å². The maximum atomic E-state index is 13.1. The second-order valence-electron chi connectivity index (χ2n) is 10.4. The van der Waals surface area contributed by atoms with Crippen molar-refractivity contribution in [1.29, 1.82) is 0 Å². The number of carbonyl (C=O) groups is 1. The fourth-order valence-electron chi connectivity index (χ4n) is 5.14. The molecule has 0 spiro atoms. The van der Waals surface area contributed by atoms with E-state index in [0.29, 0.717) is 22.7 Å². The smallest absolute Gasteiger partial charge is 0.274 e. The van der Waals surface area contributed by atoms with Gasteiger partial charge in [-0.05, 0) is 42.0 Å².